The van der Waals surface area contributed by atoms with Crippen LogP contribution >= 0.6 is 0 Å². The normalized spacial score (nSPS) is 17.9. The standard InChI is InChI=1S/C9H19NOSi/c1-11-12-8-4-7-10-9-5-2-3-6-9/h2-8,12H2,1H3. The van der Waals surface area contributed by atoms with E-state index < -0.39 is 0 Å². The first-order chi connectivity index (χ1) is 5.93. The summed E-state index contributed by atoms with van der Waals surface area (Å²) in [6.45, 7) is 1.05. The summed E-state index contributed by atoms with van der Waals surface area (Å²) in [4.78, 5) is 4.58. The Labute approximate surface area is 77.4 Å². The molecule has 1 fully saturated rings. The van der Waals surface area contributed by atoms with Crippen molar-refractivity contribution in [1.82, 2.24) is 0 Å². The van der Waals surface area contributed by atoms with E-state index in [1.807, 2.05) is 7.11 Å². The van der Waals surface area contributed by atoms with E-state index in [0.717, 1.165) is 6.54 Å². The van der Waals surface area contributed by atoms with Crippen molar-refractivity contribution in [3.05, 3.63) is 0 Å². The van der Waals surface area contributed by atoms with Crippen molar-refractivity contribution in [3.8, 4) is 0 Å². The van der Waals surface area contributed by atoms with Crippen LogP contribution in [0.25, 0.3) is 0 Å². The highest BCUT2D eigenvalue weighted by Gasteiger charge is 2.06. The minimum Gasteiger partial charge on any atom is -0.427 e. The van der Waals surface area contributed by atoms with E-state index in [9.17, 15) is 0 Å². The Bertz CT molecular complexity index is 139. The molecule has 0 unspecified atom stereocenters. The van der Waals surface area contributed by atoms with Crippen LogP contribution in [0, 0.1) is 0 Å². The van der Waals surface area contributed by atoms with E-state index in [1.54, 1.807) is 0 Å². The number of hydrogen-bond acceptors (Lipinski definition) is 2. The van der Waals surface area contributed by atoms with Gasteiger partial charge in [0.2, 0.25) is 0 Å². The molecule has 70 valence electrons. The van der Waals surface area contributed by atoms with Gasteiger partial charge in [-0.25, -0.2) is 0 Å². The van der Waals surface area contributed by atoms with Gasteiger partial charge in [-0.05, 0) is 38.1 Å². The lowest BCUT2D eigenvalue weighted by Crippen LogP contribution is -1.96. The molecule has 0 spiro atoms. The van der Waals surface area contributed by atoms with Crippen LogP contribution in [0.15, 0.2) is 4.99 Å². The molecule has 0 atom stereocenters. The minimum atomic E-state index is -0.189. The number of aliphatic imine (C=N–C) groups is 1. The van der Waals surface area contributed by atoms with Crippen LogP contribution in [0.1, 0.15) is 32.1 Å². The van der Waals surface area contributed by atoms with Gasteiger partial charge in [0.1, 0.15) is 0 Å². The SMILES string of the molecule is CO[SiH2]CCCN=C1CCCC1. The highest BCUT2D eigenvalue weighted by atomic mass is 28.2. The van der Waals surface area contributed by atoms with Gasteiger partial charge >= 0.3 is 0 Å². The van der Waals surface area contributed by atoms with E-state index in [2.05, 4.69) is 4.99 Å². The maximum atomic E-state index is 5.10. The maximum absolute atomic E-state index is 5.10. The molecule has 0 aromatic carbocycles. The zero-order valence-corrected chi connectivity index (χ0v) is 9.43. The molecule has 0 aliphatic heterocycles. The molecule has 2 nitrogen and oxygen atoms in total. The number of nitrogens with zero attached hydrogens (tertiary/aromatic N) is 1. The van der Waals surface area contributed by atoms with Gasteiger partial charge in [-0.15, -0.1) is 0 Å². The smallest absolute Gasteiger partial charge is 0.161 e. The molecule has 0 heterocycles. The Morgan fingerprint density at radius 1 is 1.42 bits per heavy atom. The predicted octanol–water partition coefficient (Wildman–Crippen LogP) is 1.54. The largest absolute Gasteiger partial charge is 0.427 e. The quantitative estimate of drug-likeness (QED) is 0.470. The number of hydrogen-bond donors (Lipinski definition) is 0. The summed E-state index contributed by atoms with van der Waals surface area (Å²) in [6.07, 6.45) is 6.50. The van der Waals surface area contributed by atoms with Gasteiger partial charge in [-0.2, -0.15) is 0 Å². The summed E-state index contributed by atoms with van der Waals surface area (Å²) in [6, 6.07) is 1.28. The highest BCUT2D eigenvalue weighted by molar-refractivity contribution is 6.26. The number of rotatable bonds is 5. The first-order valence-electron chi connectivity index (χ1n) is 4.94. The van der Waals surface area contributed by atoms with Crippen molar-refractivity contribution in [2.45, 2.75) is 38.1 Å². The fraction of sp³-hybridized carbons (Fsp3) is 0.889. The molecule has 1 rings (SSSR count). The van der Waals surface area contributed by atoms with E-state index in [1.165, 1.54) is 43.9 Å². The summed E-state index contributed by atoms with van der Waals surface area (Å²) >= 11 is 0. The van der Waals surface area contributed by atoms with Gasteiger partial charge in [0.15, 0.2) is 9.76 Å². The predicted molar refractivity (Wildman–Crippen MR) is 55.7 cm³/mol. The Balaban J connectivity index is 1.96. The van der Waals surface area contributed by atoms with Crippen molar-refractivity contribution in [1.29, 1.82) is 0 Å². The third kappa shape index (κ3) is 4.02. The van der Waals surface area contributed by atoms with Gasteiger partial charge in [0.05, 0.1) is 0 Å². The highest BCUT2D eigenvalue weighted by Crippen LogP contribution is 2.14. The summed E-state index contributed by atoms with van der Waals surface area (Å²) in [5.41, 5.74) is 1.47. The van der Waals surface area contributed by atoms with Crippen LogP contribution in [0.4, 0.5) is 0 Å². The lowest BCUT2D eigenvalue weighted by atomic mass is 10.3. The first-order valence-corrected chi connectivity index (χ1v) is 6.52. The molecule has 1 aliphatic rings. The van der Waals surface area contributed by atoms with Crippen LogP contribution in [-0.4, -0.2) is 29.1 Å². The molecule has 0 aromatic heterocycles. The second kappa shape index (κ2) is 6.37. The minimum absolute atomic E-state index is 0.189. The van der Waals surface area contributed by atoms with Crippen LogP contribution in [0.2, 0.25) is 6.04 Å². The van der Waals surface area contributed by atoms with E-state index in [0.29, 0.717) is 0 Å². The third-order valence-electron chi connectivity index (χ3n) is 2.27. The van der Waals surface area contributed by atoms with Gasteiger partial charge in [-0.1, -0.05) is 0 Å². The maximum Gasteiger partial charge on any atom is 0.161 e. The van der Waals surface area contributed by atoms with Crippen LogP contribution in [-0.2, 0) is 4.43 Å². The summed E-state index contributed by atoms with van der Waals surface area (Å²) in [7, 11) is 1.63. The van der Waals surface area contributed by atoms with Crippen LogP contribution in [0.3, 0.4) is 0 Å². The molecule has 0 saturated heterocycles. The molecule has 3 heteroatoms. The lowest BCUT2D eigenvalue weighted by Gasteiger charge is -1.97. The monoisotopic (exact) mass is 185 g/mol. The zero-order chi connectivity index (χ0) is 8.65. The molecule has 1 aliphatic carbocycles. The fourth-order valence-electron chi connectivity index (χ4n) is 1.54. The Morgan fingerprint density at radius 3 is 2.83 bits per heavy atom. The third-order valence-corrected chi connectivity index (χ3v) is 3.47. The topological polar surface area (TPSA) is 21.6 Å². The molecule has 0 aromatic rings. The molecular weight excluding hydrogens is 166 g/mol. The summed E-state index contributed by atoms with van der Waals surface area (Å²) in [5, 5.41) is 0. The molecule has 1 saturated carbocycles. The Hall–Kier alpha value is -0.153. The van der Waals surface area contributed by atoms with Gasteiger partial charge < -0.3 is 4.43 Å². The summed E-state index contributed by atoms with van der Waals surface area (Å²) in [5.74, 6) is 0. The molecular formula is C9H19NOSi. The molecule has 0 amide bonds. The van der Waals surface area contributed by atoms with Gasteiger partial charge in [0, 0.05) is 19.4 Å². The van der Waals surface area contributed by atoms with E-state index >= 15 is 0 Å². The fourth-order valence-corrected chi connectivity index (χ4v) is 2.25. The van der Waals surface area contributed by atoms with Crippen molar-refractivity contribution in [2.24, 2.45) is 4.99 Å². The average molecular weight is 185 g/mol. The zero-order valence-electron chi connectivity index (χ0n) is 8.01. The van der Waals surface area contributed by atoms with E-state index in [-0.39, 0.29) is 9.76 Å². The van der Waals surface area contributed by atoms with Crippen molar-refractivity contribution < 1.29 is 4.43 Å². The Kier molecular flexibility index (Phi) is 5.27. The first kappa shape index (κ1) is 9.93. The molecule has 12 heavy (non-hydrogen) atoms. The van der Waals surface area contributed by atoms with Crippen molar-refractivity contribution in [2.75, 3.05) is 13.7 Å². The van der Waals surface area contributed by atoms with Crippen molar-refractivity contribution >= 4 is 15.5 Å². The van der Waals surface area contributed by atoms with Gasteiger partial charge in [-0.3, -0.25) is 4.99 Å². The van der Waals surface area contributed by atoms with Crippen LogP contribution in [0.5, 0.6) is 0 Å². The van der Waals surface area contributed by atoms with E-state index in [4.69, 9.17) is 4.43 Å². The van der Waals surface area contributed by atoms with Crippen LogP contribution < -0.4 is 0 Å². The molecule has 0 N–H and O–H groups in total. The van der Waals surface area contributed by atoms with Crippen molar-refractivity contribution in [3.63, 3.8) is 0 Å². The second-order valence-electron chi connectivity index (χ2n) is 3.35. The molecule has 0 bridgehead atoms. The lowest BCUT2D eigenvalue weighted by molar-refractivity contribution is 0.440. The molecule has 0 radical (unpaired) electrons. The summed E-state index contributed by atoms with van der Waals surface area (Å²) < 4.78 is 5.10. The Morgan fingerprint density at radius 2 is 2.17 bits per heavy atom. The van der Waals surface area contributed by atoms with Gasteiger partial charge in [0.25, 0.3) is 0 Å². The second-order valence-corrected chi connectivity index (χ2v) is 5.05. The average Bonchev–Trinajstić information content (AvgIpc) is 2.57.